The number of halogens is 1. The highest BCUT2D eigenvalue weighted by atomic mass is 19.1. The fraction of sp³-hybridized carbons (Fsp3) is 0.958. The number of amides is 1. The van der Waals surface area contributed by atoms with Crippen LogP contribution in [0.3, 0.4) is 0 Å². The Hall–Kier alpha value is -0.680. The van der Waals surface area contributed by atoms with Crippen LogP contribution in [0.4, 0.5) is 4.39 Å². The quantitative estimate of drug-likeness (QED) is 0.743. The first-order valence-corrected chi connectivity index (χ1v) is 12.4. The number of carbonyl (C=O) groups is 1. The Balaban J connectivity index is 1.27. The van der Waals surface area contributed by atoms with Crippen molar-refractivity contribution in [3.8, 4) is 0 Å². The number of rotatable bonds is 4. The van der Waals surface area contributed by atoms with Gasteiger partial charge in [-0.1, -0.05) is 20.8 Å². The molecule has 2 saturated carbocycles. The van der Waals surface area contributed by atoms with Crippen LogP contribution < -0.4 is 10.6 Å². The Bertz CT molecular complexity index is 544. The van der Waals surface area contributed by atoms with Crippen molar-refractivity contribution in [1.82, 2.24) is 15.5 Å². The van der Waals surface area contributed by atoms with Crippen LogP contribution in [-0.4, -0.2) is 54.2 Å². The van der Waals surface area contributed by atoms with E-state index in [-0.39, 0.29) is 30.0 Å². The smallest absolute Gasteiger partial charge is 0.237 e. The van der Waals surface area contributed by atoms with Gasteiger partial charge in [0.15, 0.2) is 0 Å². The molecule has 1 amide bonds. The highest BCUT2D eigenvalue weighted by Crippen LogP contribution is 2.39. The van der Waals surface area contributed by atoms with Crippen molar-refractivity contribution in [1.29, 1.82) is 0 Å². The van der Waals surface area contributed by atoms with Crippen LogP contribution in [0.25, 0.3) is 0 Å². The molecular formula is C24H42FN3O. The standard InChI is InChI=1S/C24H42FN3O/c1-15(2)17-9-11-28(12-10-17)19-6-4-5-18(13-19)26-24(29)22-14-20-21(25)8-7-16(3)23(20)27-22/h15-23,27H,4-14H2,1-3H3,(H,26,29). The summed E-state index contributed by atoms with van der Waals surface area (Å²) >= 11 is 0. The summed E-state index contributed by atoms with van der Waals surface area (Å²) in [5.74, 6) is 2.28. The van der Waals surface area contributed by atoms with Gasteiger partial charge in [-0.25, -0.2) is 4.39 Å². The van der Waals surface area contributed by atoms with Gasteiger partial charge in [-0.05, 0) is 88.6 Å². The van der Waals surface area contributed by atoms with E-state index in [0.29, 0.717) is 24.8 Å². The second-order valence-electron chi connectivity index (χ2n) is 10.9. The lowest BCUT2D eigenvalue weighted by Crippen LogP contribution is -2.52. The summed E-state index contributed by atoms with van der Waals surface area (Å²) in [5, 5.41) is 6.84. The van der Waals surface area contributed by atoms with Gasteiger partial charge in [0.05, 0.1) is 6.04 Å². The molecule has 0 aromatic carbocycles. The van der Waals surface area contributed by atoms with E-state index in [1.807, 2.05) is 0 Å². The first-order chi connectivity index (χ1) is 13.9. The predicted octanol–water partition coefficient (Wildman–Crippen LogP) is 3.90. The van der Waals surface area contributed by atoms with Gasteiger partial charge in [0, 0.05) is 24.0 Å². The van der Waals surface area contributed by atoms with Crippen molar-refractivity contribution in [2.45, 2.75) is 109 Å². The molecule has 5 heteroatoms. The Labute approximate surface area is 176 Å². The van der Waals surface area contributed by atoms with Gasteiger partial charge < -0.3 is 15.5 Å². The van der Waals surface area contributed by atoms with E-state index in [2.05, 4.69) is 36.3 Å². The zero-order valence-corrected chi connectivity index (χ0v) is 18.7. The molecule has 4 rings (SSSR count). The minimum Gasteiger partial charge on any atom is -0.352 e. The summed E-state index contributed by atoms with van der Waals surface area (Å²) in [6.45, 7) is 9.34. The lowest BCUT2D eigenvalue weighted by molar-refractivity contribution is -0.124. The van der Waals surface area contributed by atoms with E-state index in [9.17, 15) is 9.18 Å². The zero-order valence-electron chi connectivity index (χ0n) is 18.7. The van der Waals surface area contributed by atoms with Crippen LogP contribution >= 0.6 is 0 Å². The van der Waals surface area contributed by atoms with E-state index >= 15 is 0 Å². The van der Waals surface area contributed by atoms with Crippen molar-refractivity contribution in [3.05, 3.63) is 0 Å². The van der Waals surface area contributed by atoms with Gasteiger partial charge in [-0.15, -0.1) is 0 Å². The molecule has 7 atom stereocenters. The van der Waals surface area contributed by atoms with Crippen LogP contribution in [0.15, 0.2) is 0 Å². The summed E-state index contributed by atoms with van der Waals surface area (Å²) in [7, 11) is 0. The van der Waals surface area contributed by atoms with Crippen molar-refractivity contribution >= 4 is 5.91 Å². The Morgan fingerprint density at radius 1 is 1.07 bits per heavy atom. The summed E-state index contributed by atoms with van der Waals surface area (Å²) in [6.07, 6.45) is 8.81. The van der Waals surface area contributed by atoms with Crippen LogP contribution in [0.5, 0.6) is 0 Å². The highest BCUT2D eigenvalue weighted by molar-refractivity contribution is 5.82. The summed E-state index contributed by atoms with van der Waals surface area (Å²) in [6, 6.07) is 0.880. The van der Waals surface area contributed by atoms with E-state index < -0.39 is 6.17 Å². The molecule has 2 N–H and O–H groups in total. The first kappa shape index (κ1) is 21.5. The van der Waals surface area contributed by atoms with Gasteiger partial charge in [-0.2, -0.15) is 0 Å². The van der Waals surface area contributed by atoms with Crippen LogP contribution in [0.1, 0.15) is 78.6 Å². The van der Waals surface area contributed by atoms with Crippen molar-refractivity contribution in [2.75, 3.05) is 13.1 Å². The molecule has 0 radical (unpaired) electrons. The van der Waals surface area contributed by atoms with Crippen LogP contribution in [0.2, 0.25) is 0 Å². The molecule has 2 heterocycles. The maximum Gasteiger partial charge on any atom is 0.237 e. The molecule has 2 aliphatic carbocycles. The molecule has 7 unspecified atom stereocenters. The molecule has 4 nitrogen and oxygen atoms in total. The molecule has 0 aromatic heterocycles. The number of hydrogen-bond acceptors (Lipinski definition) is 3. The molecule has 166 valence electrons. The second-order valence-corrected chi connectivity index (χ2v) is 10.9. The number of nitrogens with one attached hydrogen (secondary N) is 2. The summed E-state index contributed by atoms with van der Waals surface area (Å²) < 4.78 is 14.4. The molecule has 4 fully saturated rings. The normalized spacial score (nSPS) is 42.0. The topological polar surface area (TPSA) is 44.4 Å². The maximum atomic E-state index is 14.4. The molecular weight excluding hydrogens is 365 g/mol. The van der Waals surface area contributed by atoms with E-state index in [1.165, 1.54) is 38.8 Å². The third-order valence-corrected chi connectivity index (χ3v) is 8.68. The maximum absolute atomic E-state index is 14.4. The second kappa shape index (κ2) is 9.21. The molecule has 2 aliphatic heterocycles. The minimum absolute atomic E-state index is 0.0239. The predicted molar refractivity (Wildman–Crippen MR) is 115 cm³/mol. The number of hydrogen-bond donors (Lipinski definition) is 2. The molecule has 4 aliphatic rings. The van der Waals surface area contributed by atoms with Crippen molar-refractivity contribution < 1.29 is 9.18 Å². The van der Waals surface area contributed by atoms with Gasteiger partial charge in [-0.3, -0.25) is 4.79 Å². The highest BCUT2D eigenvalue weighted by Gasteiger charge is 2.46. The third kappa shape index (κ3) is 4.81. The zero-order chi connectivity index (χ0) is 20.5. The SMILES string of the molecule is CC(C)C1CCN(C2CCCC(NC(=O)C3CC4C(F)CCC(C)C4N3)C2)CC1. The Kier molecular flexibility index (Phi) is 6.85. The van der Waals surface area contributed by atoms with E-state index in [4.69, 9.17) is 0 Å². The first-order valence-electron chi connectivity index (χ1n) is 12.4. The van der Waals surface area contributed by atoms with Crippen molar-refractivity contribution in [2.24, 2.45) is 23.7 Å². The summed E-state index contributed by atoms with van der Waals surface area (Å²) in [4.78, 5) is 15.7. The number of alkyl halides is 1. The Morgan fingerprint density at radius 3 is 2.52 bits per heavy atom. The average Bonchev–Trinajstić information content (AvgIpc) is 3.18. The number of carbonyl (C=O) groups excluding carboxylic acids is 1. The van der Waals surface area contributed by atoms with Gasteiger partial charge in [0.1, 0.15) is 6.17 Å². The third-order valence-electron chi connectivity index (χ3n) is 8.68. The van der Waals surface area contributed by atoms with E-state index in [1.54, 1.807) is 0 Å². The number of fused-ring (bicyclic) bond motifs is 1. The number of likely N-dealkylation sites (tertiary alicyclic amines) is 1. The molecule has 2 saturated heterocycles. The van der Waals surface area contributed by atoms with Gasteiger partial charge in [0.2, 0.25) is 5.91 Å². The lowest BCUT2D eigenvalue weighted by Gasteiger charge is -2.42. The van der Waals surface area contributed by atoms with Crippen molar-refractivity contribution in [3.63, 3.8) is 0 Å². The summed E-state index contributed by atoms with van der Waals surface area (Å²) in [5.41, 5.74) is 0. The van der Waals surface area contributed by atoms with Gasteiger partial charge >= 0.3 is 0 Å². The average molecular weight is 408 g/mol. The number of nitrogens with zero attached hydrogens (tertiary/aromatic N) is 1. The molecule has 0 spiro atoms. The number of piperidine rings is 1. The van der Waals surface area contributed by atoms with Crippen LogP contribution in [0, 0.1) is 23.7 Å². The molecule has 29 heavy (non-hydrogen) atoms. The largest absolute Gasteiger partial charge is 0.352 e. The van der Waals surface area contributed by atoms with Crippen LogP contribution in [-0.2, 0) is 4.79 Å². The lowest BCUT2D eigenvalue weighted by atomic mass is 9.77. The van der Waals surface area contributed by atoms with Gasteiger partial charge in [0.25, 0.3) is 0 Å². The molecule has 0 aromatic rings. The molecule has 0 bridgehead atoms. The fourth-order valence-electron chi connectivity index (χ4n) is 6.68. The fourth-order valence-corrected chi connectivity index (χ4v) is 6.68. The minimum atomic E-state index is -0.741. The Morgan fingerprint density at radius 2 is 1.83 bits per heavy atom. The monoisotopic (exact) mass is 407 g/mol. The van der Waals surface area contributed by atoms with E-state index in [0.717, 1.165) is 31.1 Å².